The first-order valence-corrected chi connectivity index (χ1v) is 7.67. The molecule has 0 spiro atoms. The van der Waals surface area contributed by atoms with Crippen molar-refractivity contribution in [3.05, 3.63) is 42.3 Å². The Balaban J connectivity index is 1.77. The second-order valence-corrected chi connectivity index (χ2v) is 5.75. The van der Waals surface area contributed by atoms with Gasteiger partial charge in [0.15, 0.2) is 5.82 Å². The summed E-state index contributed by atoms with van der Waals surface area (Å²) in [5.41, 5.74) is 2.58. The molecule has 3 aromatic rings. The molecule has 1 saturated heterocycles. The molecular formula is C17H16FN5. The van der Waals surface area contributed by atoms with Crippen LogP contribution in [-0.4, -0.2) is 47.0 Å². The van der Waals surface area contributed by atoms with Crippen LogP contribution in [0.25, 0.3) is 16.6 Å². The van der Waals surface area contributed by atoms with Crippen LogP contribution in [0.4, 0.5) is 10.2 Å². The molecule has 5 nitrogen and oxygen atoms in total. The predicted molar refractivity (Wildman–Crippen MR) is 86.9 cm³/mol. The van der Waals surface area contributed by atoms with Crippen molar-refractivity contribution < 1.29 is 4.39 Å². The van der Waals surface area contributed by atoms with Crippen LogP contribution in [0.5, 0.6) is 0 Å². The Hall–Kier alpha value is -2.65. The number of nitrogens with zero attached hydrogens (tertiary/aromatic N) is 5. The summed E-state index contributed by atoms with van der Waals surface area (Å²) < 4.78 is 15.6. The Labute approximate surface area is 133 Å². The molecule has 1 fully saturated rings. The average Bonchev–Trinajstić information content (AvgIpc) is 3.04. The molecule has 0 atom stereocenters. The molecule has 0 amide bonds. The van der Waals surface area contributed by atoms with E-state index in [-0.39, 0.29) is 5.82 Å². The average molecular weight is 309 g/mol. The minimum Gasteiger partial charge on any atom is -0.352 e. The van der Waals surface area contributed by atoms with Crippen LogP contribution < -0.4 is 4.90 Å². The van der Waals surface area contributed by atoms with Gasteiger partial charge in [-0.15, -0.1) is 0 Å². The third-order valence-electron chi connectivity index (χ3n) is 4.37. The van der Waals surface area contributed by atoms with E-state index < -0.39 is 0 Å². The van der Waals surface area contributed by atoms with E-state index >= 15 is 0 Å². The van der Waals surface area contributed by atoms with Crippen molar-refractivity contribution in [2.24, 2.45) is 0 Å². The number of nitriles is 1. The molecule has 0 radical (unpaired) electrons. The zero-order chi connectivity index (χ0) is 15.8. The summed E-state index contributed by atoms with van der Waals surface area (Å²) in [4.78, 5) is 9.06. The van der Waals surface area contributed by atoms with Crippen molar-refractivity contribution in [1.29, 1.82) is 5.26 Å². The van der Waals surface area contributed by atoms with Crippen LogP contribution in [0.15, 0.2) is 36.5 Å². The number of rotatable bonds is 2. The molecule has 6 heteroatoms. The number of halogens is 1. The van der Waals surface area contributed by atoms with Gasteiger partial charge in [-0.1, -0.05) is 0 Å². The van der Waals surface area contributed by atoms with Crippen molar-refractivity contribution in [3.8, 4) is 6.07 Å². The first-order chi connectivity index (χ1) is 11.3. The largest absolute Gasteiger partial charge is 0.352 e. The van der Waals surface area contributed by atoms with E-state index in [1.54, 1.807) is 6.07 Å². The minimum absolute atomic E-state index is 0.277. The van der Waals surface area contributed by atoms with Crippen molar-refractivity contribution >= 4 is 22.4 Å². The molecule has 3 heterocycles. The smallest absolute Gasteiger partial charge is 0.153 e. The van der Waals surface area contributed by atoms with Crippen molar-refractivity contribution in [1.82, 2.24) is 14.3 Å². The molecule has 2 aromatic heterocycles. The molecular weight excluding hydrogens is 293 g/mol. The van der Waals surface area contributed by atoms with Gasteiger partial charge in [0.1, 0.15) is 5.82 Å². The van der Waals surface area contributed by atoms with Gasteiger partial charge in [0.25, 0.3) is 0 Å². The lowest BCUT2D eigenvalue weighted by molar-refractivity contribution is 0.286. The van der Waals surface area contributed by atoms with Crippen LogP contribution in [0.2, 0.25) is 0 Å². The van der Waals surface area contributed by atoms with E-state index in [2.05, 4.69) is 20.3 Å². The first-order valence-electron chi connectivity index (χ1n) is 7.67. The Bertz CT molecular complexity index is 902. The minimum atomic E-state index is -0.277. The summed E-state index contributed by atoms with van der Waals surface area (Å²) in [5, 5.41) is 8.80. The second kappa shape index (κ2) is 5.52. The van der Waals surface area contributed by atoms with E-state index in [9.17, 15) is 4.39 Å². The van der Waals surface area contributed by atoms with Crippen LogP contribution in [0.1, 0.15) is 0 Å². The molecule has 0 N–H and O–H groups in total. The van der Waals surface area contributed by atoms with E-state index in [4.69, 9.17) is 10.2 Å². The van der Waals surface area contributed by atoms with Crippen LogP contribution >= 0.6 is 0 Å². The van der Waals surface area contributed by atoms with Gasteiger partial charge in [0.2, 0.25) is 0 Å². The third-order valence-corrected chi connectivity index (χ3v) is 4.37. The first kappa shape index (κ1) is 14.0. The van der Waals surface area contributed by atoms with Gasteiger partial charge in [-0.05, 0) is 24.3 Å². The van der Waals surface area contributed by atoms with E-state index in [1.807, 2.05) is 18.3 Å². The number of hydrogen-bond donors (Lipinski definition) is 0. The summed E-state index contributed by atoms with van der Waals surface area (Å²) in [7, 11) is 0. The van der Waals surface area contributed by atoms with Crippen LogP contribution in [-0.2, 0) is 0 Å². The topological polar surface area (TPSA) is 47.6 Å². The Morgan fingerprint density at radius 1 is 1.13 bits per heavy atom. The predicted octanol–water partition coefficient (Wildman–Crippen LogP) is 2.27. The Kier molecular flexibility index (Phi) is 3.36. The molecule has 1 aliphatic heterocycles. The quantitative estimate of drug-likeness (QED) is 0.681. The highest BCUT2D eigenvalue weighted by Gasteiger charge is 2.20. The normalized spacial score (nSPS) is 16.1. The SMILES string of the molecule is N#CCN1CCN(c2nc3cc(F)ccc3n3cccc23)CC1. The molecule has 4 rings (SSSR count). The van der Waals surface area contributed by atoms with Gasteiger partial charge in [-0.3, -0.25) is 4.90 Å². The maximum atomic E-state index is 13.6. The molecule has 0 saturated carbocycles. The number of aromatic nitrogens is 2. The molecule has 0 unspecified atom stereocenters. The summed E-state index contributed by atoms with van der Waals surface area (Å²) in [6, 6.07) is 10.9. The molecule has 116 valence electrons. The fraction of sp³-hybridized carbons (Fsp3) is 0.294. The molecule has 0 bridgehead atoms. The Morgan fingerprint density at radius 3 is 2.74 bits per heavy atom. The van der Waals surface area contributed by atoms with Gasteiger partial charge >= 0.3 is 0 Å². The van der Waals surface area contributed by atoms with Gasteiger partial charge in [0, 0.05) is 38.4 Å². The standard InChI is InChI=1S/C17H16FN5/c18-13-3-4-15-14(12-13)20-17(16-2-1-6-23(15)16)22-10-8-21(7-5-19)9-11-22/h1-4,6,12H,7-11H2. The molecule has 1 aromatic carbocycles. The summed E-state index contributed by atoms with van der Waals surface area (Å²) in [6.45, 7) is 3.77. The fourth-order valence-electron chi connectivity index (χ4n) is 3.18. The lowest BCUT2D eigenvalue weighted by Crippen LogP contribution is -2.46. The van der Waals surface area contributed by atoms with Gasteiger partial charge in [-0.25, -0.2) is 9.37 Å². The van der Waals surface area contributed by atoms with Crippen molar-refractivity contribution in [2.45, 2.75) is 0 Å². The highest BCUT2D eigenvalue weighted by Crippen LogP contribution is 2.26. The number of fused-ring (bicyclic) bond motifs is 3. The lowest BCUT2D eigenvalue weighted by atomic mass is 10.2. The maximum Gasteiger partial charge on any atom is 0.153 e. The molecule has 1 aliphatic rings. The van der Waals surface area contributed by atoms with E-state index in [1.165, 1.54) is 12.1 Å². The van der Waals surface area contributed by atoms with Gasteiger partial charge < -0.3 is 9.30 Å². The van der Waals surface area contributed by atoms with E-state index in [0.29, 0.717) is 12.1 Å². The lowest BCUT2D eigenvalue weighted by Gasteiger charge is -2.34. The maximum absolute atomic E-state index is 13.6. The zero-order valence-electron chi connectivity index (χ0n) is 12.6. The zero-order valence-corrected chi connectivity index (χ0v) is 12.6. The van der Waals surface area contributed by atoms with Crippen molar-refractivity contribution in [2.75, 3.05) is 37.6 Å². The van der Waals surface area contributed by atoms with Crippen LogP contribution in [0.3, 0.4) is 0 Å². The van der Waals surface area contributed by atoms with Crippen LogP contribution in [0, 0.1) is 17.1 Å². The summed E-state index contributed by atoms with van der Waals surface area (Å²) in [6.07, 6.45) is 1.98. The molecule has 0 aliphatic carbocycles. The number of benzene rings is 1. The van der Waals surface area contributed by atoms with Crippen molar-refractivity contribution in [3.63, 3.8) is 0 Å². The third kappa shape index (κ3) is 2.39. The fourth-order valence-corrected chi connectivity index (χ4v) is 3.18. The second-order valence-electron chi connectivity index (χ2n) is 5.75. The van der Waals surface area contributed by atoms with E-state index in [0.717, 1.165) is 43.0 Å². The summed E-state index contributed by atoms with van der Waals surface area (Å²) >= 11 is 0. The summed E-state index contributed by atoms with van der Waals surface area (Å²) in [5.74, 6) is 0.603. The van der Waals surface area contributed by atoms with Gasteiger partial charge in [0.05, 0.1) is 29.2 Å². The number of anilines is 1. The number of piperazine rings is 1. The Morgan fingerprint density at radius 2 is 1.96 bits per heavy atom. The molecule has 23 heavy (non-hydrogen) atoms. The number of hydrogen-bond acceptors (Lipinski definition) is 4. The van der Waals surface area contributed by atoms with Gasteiger partial charge in [-0.2, -0.15) is 5.26 Å². The highest BCUT2D eigenvalue weighted by molar-refractivity contribution is 5.85. The highest BCUT2D eigenvalue weighted by atomic mass is 19.1. The monoisotopic (exact) mass is 309 g/mol.